The van der Waals surface area contributed by atoms with Gasteiger partial charge in [-0.2, -0.15) is 0 Å². The number of nitrogens with zero attached hydrogens (tertiary/aromatic N) is 3. The fourth-order valence-electron chi connectivity index (χ4n) is 5.34. The Morgan fingerprint density at radius 1 is 1.12 bits per heavy atom. The molecule has 1 atom stereocenters. The minimum absolute atomic E-state index is 0.0560. The third-order valence-electron chi connectivity index (χ3n) is 7.22. The van der Waals surface area contributed by atoms with Crippen LogP contribution in [0.4, 0.5) is 21.9 Å². The van der Waals surface area contributed by atoms with Crippen molar-refractivity contribution in [1.29, 1.82) is 0 Å². The summed E-state index contributed by atoms with van der Waals surface area (Å²) in [6.45, 7) is 4.85. The third-order valence-corrected chi connectivity index (χ3v) is 8.31. The number of para-hydroxylation sites is 1. The minimum Gasteiger partial charge on any atom is -0.457 e. The number of likely N-dealkylation sites (tertiary alicyclic amines) is 1. The largest absolute Gasteiger partial charge is 0.457 e. The van der Waals surface area contributed by atoms with E-state index in [0.29, 0.717) is 45.6 Å². The van der Waals surface area contributed by atoms with Crippen LogP contribution >= 0.6 is 11.3 Å². The summed E-state index contributed by atoms with van der Waals surface area (Å²) in [5, 5.41) is 6.76. The molecule has 0 saturated carbocycles. The predicted molar refractivity (Wildman–Crippen MR) is 160 cm³/mol. The summed E-state index contributed by atoms with van der Waals surface area (Å²) in [5.74, 6) is 1.05. The molecule has 0 bridgehead atoms. The standard InChI is InChI=1S/C31H29N5O4S/c1-3-8-25(37)35-16-7-9-20(18-35)33-29(38)28-27-26-24(14-15-32-30(26)41-28)36(31(39)34-27)23-13-12-22(17-19(23)2)40-21-10-5-4-6-11-21/h3-6,8,10-15,17,20H,7,9,16,18H2,1-2H3,(H,33,38)(H,34,39)/b8-3-/t20-/m1/s1. The van der Waals surface area contributed by atoms with Crippen LogP contribution in [0.2, 0.25) is 0 Å². The second kappa shape index (κ2) is 11.1. The lowest BCUT2D eigenvalue weighted by Crippen LogP contribution is -2.49. The van der Waals surface area contributed by atoms with Crippen LogP contribution in [0.3, 0.4) is 0 Å². The molecule has 1 saturated heterocycles. The number of aryl methyl sites for hydroxylation is 1. The minimum atomic E-state index is -0.363. The maximum atomic E-state index is 13.6. The number of carbonyl (C=O) groups is 3. The number of anilines is 3. The quantitative estimate of drug-likeness (QED) is 0.263. The number of hydrogen-bond donors (Lipinski definition) is 2. The van der Waals surface area contributed by atoms with Crippen LogP contribution in [0.15, 0.2) is 72.9 Å². The molecule has 2 aliphatic rings. The first-order valence-corrected chi connectivity index (χ1v) is 14.3. The number of benzene rings is 2. The van der Waals surface area contributed by atoms with Crippen molar-refractivity contribution in [2.45, 2.75) is 32.7 Å². The van der Waals surface area contributed by atoms with Crippen LogP contribution in [-0.2, 0) is 4.79 Å². The molecule has 0 unspecified atom stereocenters. The van der Waals surface area contributed by atoms with Crippen molar-refractivity contribution in [2.24, 2.45) is 0 Å². The Morgan fingerprint density at radius 3 is 2.73 bits per heavy atom. The van der Waals surface area contributed by atoms with Crippen molar-refractivity contribution < 1.29 is 19.1 Å². The van der Waals surface area contributed by atoms with Gasteiger partial charge in [-0.3, -0.25) is 14.5 Å². The van der Waals surface area contributed by atoms with Crippen LogP contribution in [-0.4, -0.2) is 46.9 Å². The molecule has 6 rings (SSSR count). The molecular formula is C31H29N5O4S. The van der Waals surface area contributed by atoms with Crippen molar-refractivity contribution in [3.8, 4) is 11.5 Å². The lowest BCUT2D eigenvalue weighted by Gasteiger charge is -2.32. The first-order valence-electron chi connectivity index (χ1n) is 13.5. The zero-order valence-corrected chi connectivity index (χ0v) is 23.5. The highest BCUT2D eigenvalue weighted by Crippen LogP contribution is 2.46. The van der Waals surface area contributed by atoms with Gasteiger partial charge in [0.05, 0.1) is 22.4 Å². The number of thiophene rings is 1. The first kappa shape index (κ1) is 26.5. The van der Waals surface area contributed by atoms with Crippen LogP contribution in [0.1, 0.15) is 35.0 Å². The highest BCUT2D eigenvalue weighted by atomic mass is 32.1. The van der Waals surface area contributed by atoms with E-state index >= 15 is 0 Å². The molecule has 41 heavy (non-hydrogen) atoms. The van der Waals surface area contributed by atoms with Gasteiger partial charge >= 0.3 is 6.03 Å². The number of allylic oxidation sites excluding steroid dienone is 1. The number of pyridine rings is 1. The summed E-state index contributed by atoms with van der Waals surface area (Å²) >= 11 is 1.25. The molecule has 2 aromatic heterocycles. The van der Waals surface area contributed by atoms with Crippen LogP contribution < -0.4 is 20.3 Å². The van der Waals surface area contributed by atoms with Gasteiger partial charge in [0.1, 0.15) is 21.2 Å². The van der Waals surface area contributed by atoms with Gasteiger partial charge in [-0.05, 0) is 74.7 Å². The van der Waals surface area contributed by atoms with E-state index < -0.39 is 0 Å². The molecule has 4 aromatic rings. The molecule has 4 heterocycles. The molecule has 4 amide bonds. The Kier molecular flexibility index (Phi) is 7.15. The lowest BCUT2D eigenvalue weighted by atomic mass is 10.0. The van der Waals surface area contributed by atoms with E-state index in [9.17, 15) is 14.4 Å². The smallest absolute Gasteiger partial charge is 0.331 e. The van der Waals surface area contributed by atoms with E-state index in [1.807, 2.05) is 62.4 Å². The number of hydrogen-bond acceptors (Lipinski definition) is 6. The summed E-state index contributed by atoms with van der Waals surface area (Å²) in [6.07, 6.45) is 6.50. The predicted octanol–water partition coefficient (Wildman–Crippen LogP) is 6.38. The number of ether oxygens (including phenoxy) is 1. The number of carbonyl (C=O) groups excluding carboxylic acids is 3. The summed E-state index contributed by atoms with van der Waals surface area (Å²) in [4.78, 5) is 48.3. The van der Waals surface area contributed by atoms with Gasteiger partial charge < -0.3 is 20.3 Å². The molecule has 2 aliphatic heterocycles. The summed E-state index contributed by atoms with van der Waals surface area (Å²) in [5.41, 5.74) is 2.67. The molecule has 208 valence electrons. The van der Waals surface area contributed by atoms with Gasteiger partial charge in [0, 0.05) is 25.3 Å². The zero-order valence-electron chi connectivity index (χ0n) is 22.7. The summed E-state index contributed by atoms with van der Waals surface area (Å²) in [6, 6.07) is 16.3. The Labute approximate surface area is 241 Å². The topological polar surface area (TPSA) is 104 Å². The van der Waals surface area contributed by atoms with E-state index in [1.54, 1.807) is 34.2 Å². The van der Waals surface area contributed by atoms with Crippen molar-refractivity contribution in [1.82, 2.24) is 15.2 Å². The fraction of sp³-hybridized carbons (Fsp3) is 0.226. The number of nitrogens with one attached hydrogen (secondary N) is 2. The summed E-state index contributed by atoms with van der Waals surface area (Å²) in [7, 11) is 0. The molecule has 0 aliphatic carbocycles. The molecule has 0 radical (unpaired) electrons. The second-order valence-corrected chi connectivity index (χ2v) is 11.0. The fourth-order valence-corrected chi connectivity index (χ4v) is 6.37. The number of aromatic nitrogens is 1. The lowest BCUT2D eigenvalue weighted by molar-refractivity contribution is -0.127. The second-order valence-electron chi connectivity index (χ2n) is 10.0. The molecule has 9 nitrogen and oxygen atoms in total. The first-order chi connectivity index (χ1) is 19.9. The third kappa shape index (κ3) is 5.14. The highest BCUT2D eigenvalue weighted by Gasteiger charge is 2.34. The Morgan fingerprint density at radius 2 is 1.95 bits per heavy atom. The maximum Gasteiger partial charge on any atom is 0.331 e. The normalized spacial score (nSPS) is 16.6. The van der Waals surface area contributed by atoms with Crippen LogP contribution in [0.5, 0.6) is 11.5 Å². The summed E-state index contributed by atoms with van der Waals surface area (Å²) < 4.78 is 5.97. The van der Waals surface area contributed by atoms with E-state index in [1.165, 1.54) is 11.3 Å². The molecule has 0 spiro atoms. The van der Waals surface area contributed by atoms with E-state index in [-0.39, 0.29) is 23.9 Å². The van der Waals surface area contributed by atoms with Crippen molar-refractivity contribution in [3.05, 3.63) is 83.4 Å². The molecule has 2 N–H and O–H groups in total. The van der Waals surface area contributed by atoms with Gasteiger partial charge in [0.15, 0.2) is 0 Å². The molecular weight excluding hydrogens is 538 g/mol. The highest BCUT2D eigenvalue weighted by molar-refractivity contribution is 7.21. The van der Waals surface area contributed by atoms with Crippen molar-refractivity contribution in [2.75, 3.05) is 23.3 Å². The van der Waals surface area contributed by atoms with Crippen LogP contribution in [0, 0.1) is 6.92 Å². The van der Waals surface area contributed by atoms with Gasteiger partial charge in [0.2, 0.25) is 5.91 Å². The number of piperidine rings is 1. The number of amides is 4. The number of rotatable bonds is 6. The van der Waals surface area contributed by atoms with Gasteiger partial charge in [-0.1, -0.05) is 24.3 Å². The molecule has 10 heteroatoms. The average Bonchev–Trinajstić information content (AvgIpc) is 3.34. The van der Waals surface area contributed by atoms with Gasteiger partial charge in [-0.15, -0.1) is 11.3 Å². The van der Waals surface area contributed by atoms with Crippen LogP contribution in [0.25, 0.3) is 10.2 Å². The average molecular weight is 568 g/mol. The number of urea groups is 1. The monoisotopic (exact) mass is 567 g/mol. The van der Waals surface area contributed by atoms with E-state index in [4.69, 9.17) is 4.74 Å². The van der Waals surface area contributed by atoms with Crippen molar-refractivity contribution >= 4 is 56.5 Å². The van der Waals surface area contributed by atoms with Crippen molar-refractivity contribution in [3.63, 3.8) is 0 Å². The van der Waals surface area contributed by atoms with E-state index in [2.05, 4.69) is 15.6 Å². The van der Waals surface area contributed by atoms with E-state index in [0.717, 1.165) is 29.5 Å². The Balaban J connectivity index is 1.28. The molecule has 2 aromatic carbocycles. The maximum absolute atomic E-state index is 13.6. The van der Waals surface area contributed by atoms with Gasteiger partial charge in [0.25, 0.3) is 5.91 Å². The Bertz CT molecular complexity index is 1680. The Hall–Kier alpha value is -4.70. The van der Waals surface area contributed by atoms with Gasteiger partial charge in [-0.25, -0.2) is 9.78 Å². The molecule has 1 fully saturated rings. The SMILES string of the molecule is C/C=C\C(=O)N1CCC[C@@H](NC(=O)c2sc3nccc4c3c2NC(=O)N4c2ccc(Oc3ccccc3)cc2C)C1. The zero-order chi connectivity index (χ0) is 28.5.